The second-order valence-electron chi connectivity index (χ2n) is 2.19. The number of rotatable bonds is 3. The Bertz CT molecular complexity index is 335. The minimum absolute atomic E-state index is 0.119. The number of carbonyl (C=O) groups excluding carboxylic acids is 2. The number of aldehydes is 1. The Kier molecular flexibility index (Phi) is 3.03. The van der Waals surface area contributed by atoms with Crippen molar-refractivity contribution in [2.75, 3.05) is 7.11 Å². The van der Waals surface area contributed by atoms with E-state index in [1.54, 1.807) is 6.07 Å². The summed E-state index contributed by atoms with van der Waals surface area (Å²) in [6.07, 6.45) is 3.36. The van der Waals surface area contributed by atoms with Crippen LogP contribution in [-0.4, -0.2) is 19.4 Å². The third-order valence-electron chi connectivity index (χ3n) is 1.35. The van der Waals surface area contributed by atoms with Gasteiger partial charge in [0.05, 0.1) is 7.11 Å². The Morgan fingerprint density at radius 1 is 1.54 bits per heavy atom. The van der Waals surface area contributed by atoms with Gasteiger partial charge < -0.3 is 9.15 Å². The van der Waals surface area contributed by atoms with Crippen LogP contribution in [0.2, 0.25) is 0 Å². The van der Waals surface area contributed by atoms with Gasteiger partial charge in [-0.3, -0.25) is 4.79 Å². The van der Waals surface area contributed by atoms with Gasteiger partial charge in [0.2, 0.25) is 5.76 Å². The fraction of sp³-hybridized carbons (Fsp3) is 0.111. The van der Waals surface area contributed by atoms with E-state index in [1.165, 1.54) is 25.3 Å². The molecule has 0 radical (unpaired) electrons. The van der Waals surface area contributed by atoms with Gasteiger partial charge in [0, 0.05) is 0 Å². The second kappa shape index (κ2) is 4.25. The molecule has 0 fully saturated rings. The van der Waals surface area contributed by atoms with Crippen molar-refractivity contribution in [3.05, 3.63) is 29.7 Å². The lowest BCUT2D eigenvalue weighted by Crippen LogP contribution is -1.98. The quantitative estimate of drug-likeness (QED) is 0.399. The second-order valence-corrected chi connectivity index (χ2v) is 2.19. The molecule has 0 amide bonds. The molecule has 0 saturated carbocycles. The number of furan rings is 1. The highest BCUT2D eigenvalue weighted by molar-refractivity contribution is 5.86. The van der Waals surface area contributed by atoms with E-state index >= 15 is 0 Å². The molecule has 0 N–H and O–H groups in total. The van der Waals surface area contributed by atoms with Gasteiger partial charge in [0.25, 0.3) is 0 Å². The Morgan fingerprint density at radius 3 is 2.92 bits per heavy atom. The van der Waals surface area contributed by atoms with Crippen LogP contribution in [-0.2, 0) is 9.53 Å². The van der Waals surface area contributed by atoms with Crippen molar-refractivity contribution >= 4 is 18.3 Å². The maximum absolute atomic E-state index is 10.9. The summed E-state index contributed by atoms with van der Waals surface area (Å²) in [5, 5.41) is 0. The average molecular weight is 180 g/mol. The molecule has 0 bridgehead atoms. The largest absolute Gasteiger partial charge is 0.463 e. The molecule has 4 nitrogen and oxygen atoms in total. The standard InChI is InChI=1S/C9H8O4/c1-12-9(11)8-5-4-7(13-8)3-2-6-10/h2-6H,1H3/b3-2+. The lowest BCUT2D eigenvalue weighted by molar-refractivity contribution is -0.104. The average Bonchev–Trinajstić information content (AvgIpc) is 2.62. The summed E-state index contributed by atoms with van der Waals surface area (Å²) < 4.78 is 9.45. The van der Waals surface area contributed by atoms with Gasteiger partial charge >= 0.3 is 5.97 Å². The van der Waals surface area contributed by atoms with Gasteiger partial charge in [-0.15, -0.1) is 0 Å². The summed E-state index contributed by atoms with van der Waals surface area (Å²) >= 11 is 0. The van der Waals surface area contributed by atoms with E-state index in [9.17, 15) is 9.59 Å². The minimum atomic E-state index is -0.536. The van der Waals surface area contributed by atoms with Crippen LogP contribution in [0.3, 0.4) is 0 Å². The number of allylic oxidation sites excluding steroid dienone is 1. The minimum Gasteiger partial charge on any atom is -0.463 e. The van der Waals surface area contributed by atoms with Gasteiger partial charge in [0.1, 0.15) is 12.0 Å². The maximum atomic E-state index is 10.9. The molecule has 0 saturated heterocycles. The van der Waals surface area contributed by atoms with Crippen molar-refractivity contribution in [2.24, 2.45) is 0 Å². The molecule has 0 aliphatic rings. The topological polar surface area (TPSA) is 56.5 Å². The summed E-state index contributed by atoms with van der Waals surface area (Å²) in [6.45, 7) is 0. The van der Waals surface area contributed by atoms with E-state index in [0.717, 1.165) is 0 Å². The Balaban J connectivity index is 2.80. The van der Waals surface area contributed by atoms with Crippen LogP contribution in [0.4, 0.5) is 0 Å². The molecule has 13 heavy (non-hydrogen) atoms. The molecular weight excluding hydrogens is 172 g/mol. The summed E-state index contributed by atoms with van der Waals surface area (Å²) in [7, 11) is 1.27. The number of hydrogen-bond acceptors (Lipinski definition) is 4. The van der Waals surface area contributed by atoms with Crippen molar-refractivity contribution in [1.82, 2.24) is 0 Å². The third-order valence-corrected chi connectivity index (χ3v) is 1.35. The zero-order chi connectivity index (χ0) is 9.68. The van der Waals surface area contributed by atoms with Crippen LogP contribution in [0.25, 0.3) is 6.08 Å². The highest BCUT2D eigenvalue weighted by Crippen LogP contribution is 2.09. The molecule has 1 aromatic rings. The Morgan fingerprint density at radius 2 is 2.31 bits per heavy atom. The molecule has 1 rings (SSSR count). The number of carbonyl (C=O) groups is 2. The molecule has 0 aromatic carbocycles. The molecule has 0 aliphatic carbocycles. The van der Waals surface area contributed by atoms with Crippen molar-refractivity contribution < 1.29 is 18.7 Å². The zero-order valence-corrected chi connectivity index (χ0v) is 7.02. The van der Waals surface area contributed by atoms with Crippen LogP contribution >= 0.6 is 0 Å². The van der Waals surface area contributed by atoms with Crippen LogP contribution < -0.4 is 0 Å². The fourth-order valence-electron chi connectivity index (χ4n) is 0.787. The highest BCUT2D eigenvalue weighted by atomic mass is 16.5. The lowest BCUT2D eigenvalue weighted by Gasteiger charge is -1.91. The molecule has 4 heteroatoms. The van der Waals surface area contributed by atoms with Gasteiger partial charge in [-0.1, -0.05) is 0 Å². The van der Waals surface area contributed by atoms with Gasteiger partial charge in [-0.25, -0.2) is 4.79 Å². The number of hydrogen-bond donors (Lipinski definition) is 0. The molecule has 1 aromatic heterocycles. The first-order valence-electron chi connectivity index (χ1n) is 3.58. The SMILES string of the molecule is COC(=O)c1ccc(/C=C/C=O)o1. The predicted octanol–water partition coefficient (Wildman–Crippen LogP) is 1.28. The fourth-order valence-corrected chi connectivity index (χ4v) is 0.787. The van der Waals surface area contributed by atoms with Crippen molar-refractivity contribution in [3.63, 3.8) is 0 Å². The van der Waals surface area contributed by atoms with E-state index in [4.69, 9.17) is 4.42 Å². The molecule has 0 unspecified atom stereocenters. The van der Waals surface area contributed by atoms with Gasteiger partial charge in [0.15, 0.2) is 0 Å². The molecule has 68 valence electrons. The molecule has 0 atom stereocenters. The first-order valence-corrected chi connectivity index (χ1v) is 3.58. The van der Waals surface area contributed by atoms with Gasteiger partial charge in [-0.05, 0) is 24.3 Å². The summed E-state index contributed by atoms with van der Waals surface area (Å²) in [4.78, 5) is 20.8. The Labute approximate surface area is 74.8 Å². The summed E-state index contributed by atoms with van der Waals surface area (Å²) in [5.41, 5.74) is 0. The lowest BCUT2D eigenvalue weighted by atomic mass is 10.4. The number of ether oxygens (including phenoxy) is 1. The third kappa shape index (κ3) is 2.30. The van der Waals surface area contributed by atoms with Gasteiger partial charge in [-0.2, -0.15) is 0 Å². The van der Waals surface area contributed by atoms with Crippen LogP contribution in [0.1, 0.15) is 16.3 Å². The Hall–Kier alpha value is -1.84. The zero-order valence-electron chi connectivity index (χ0n) is 7.02. The van der Waals surface area contributed by atoms with Crippen molar-refractivity contribution in [1.29, 1.82) is 0 Å². The number of methoxy groups -OCH3 is 1. The molecule has 1 heterocycles. The smallest absolute Gasteiger partial charge is 0.373 e. The monoisotopic (exact) mass is 180 g/mol. The molecular formula is C9H8O4. The highest BCUT2D eigenvalue weighted by Gasteiger charge is 2.08. The predicted molar refractivity (Wildman–Crippen MR) is 45.1 cm³/mol. The van der Waals surface area contributed by atoms with Crippen molar-refractivity contribution in [2.45, 2.75) is 0 Å². The molecule has 0 aliphatic heterocycles. The van der Waals surface area contributed by atoms with E-state index in [1.807, 2.05) is 0 Å². The van der Waals surface area contributed by atoms with E-state index in [0.29, 0.717) is 12.0 Å². The first kappa shape index (κ1) is 9.25. The van der Waals surface area contributed by atoms with E-state index < -0.39 is 5.97 Å². The molecule has 0 spiro atoms. The first-order chi connectivity index (χ1) is 6.27. The van der Waals surface area contributed by atoms with E-state index in [2.05, 4.69) is 4.74 Å². The normalized spacial score (nSPS) is 10.2. The summed E-state index contributed by atoms with van der Waals surface area (Å²) in [6, 6.07) is 3.06. The number of esters is 1. The van der Waals surface area contributed by atoms with Crippen LogP contribution in [0.15, 0.2) is 22.6 Å². The maximum Gasteiger partial charge on any atom is 0.373 e. The summed E-state index contributed by atoms with van der Waals surface area (Å²) in [5.74, 6) is 0.0197. The van der Waals surface area contributed by atoms with Crippen LogP contribution in [0, 0.1) is 0 Å². The van der Waals surface area contributed by atoms with Crippen molar-refractivity contribution in [3.8, 4) is 0 Å². The van der Waals surface area contributed by atoms with Crippen LogP contribution in [0.5, 0.6) is 0 Å². The van der Waals surface area contributed by atoms with E-state index in [-0.39, 0.29) is 5.76 Å².